The van der Waals surface area contributed by atoms with Crippen molar-refractivity contribution in [3.63, 3.8) is 0 Å². The maximum absolute atomic E-state index is 11.1. The fraction of sp³-hybridized carbons (Fsp3) is 0.136. The fourth-order valence-electron chi connectivity index (χ4n) is 3.35. The molecule has 25 heavy (non-hydrogen) atoms. The van der Waals surface area contributed by atoms with Gasteiger partial charge in [-0.15, -0.1) is 0 Å². The number of rotatable bonds is 7. The molecule has 0 bridgehead atoms. The van der Waals surface area contributed by atoms with E-state index in [4.69, 9.17) is 5.11 Å². The van der Waals surface area contributed by atoms with Crippen molar-refractivity contribution < 1.29 is 9.90 Å². The van der Waals surface area contributed by atoms with Gasteiger partial charge >= 0.3 is 152 Å². The van der Waals surface area contributed by atoms with Gasteiger partial charge in [0.05, 0.1) is 0 Å². The van der Waals surface area contributed by atoms with E-state index in [-0.39, 0.29) is 6.42 Å². The number of hydrogen-bond donors (Lipinski definition) is 1. The van der Waals surface area contributed by atoms with Crippen molar-refractivity contribution in [2.24, 2.45) is 0 Å². The number of carboxylic acid groups (broad SMARTS) is 1. The topological polar surface area (TPSA) is 37.3 Å². The van der Waals surface area contributed by atoms with E-state index < -0.39 is 19.5 Å². The summed E-state index contributed by atoms with van der Waals surface area (Å²) in [5, 5.41) is 10.1. The van der Waals surface area contributed by atoms with E-state index in [1.807, 2.05) is 18.2 Å². The molecule has 0 fully saturated rings. The molecule has 0 atom stereocenters. The van der Waals surface area contributed by atoms with Gasteiger partial charge in [0.1, 0.15) is 0 Å². The Morgan fingerprint density at radius 1 is 0.680 bits per heavy atom. The molecule has 3 rings (SSSR count). The van der Waals surface area contributed by atoms with Crippen molar-refractivity contribution >= 4 is 32.6 Å². The molecule has 3 aromatic rings. The third kappa shape index (κ3) is 3.86. The van der Waals surface area contributed by atoms with Crippen LogP contribution in [-0.2, 0) is 4.79 Å². The Morgan fingerprint density at radius 2 is 1.04 bits per heavy atom. The molecule has 0 saturated heterocycles. The van der Waals surface area contributed by atoms with E-state index in [0.29, 0.717) is 6.42 Å². The summed E-state index contributed by atoms with van der Waals surface area (Å²) in [4.78, 5) is 11.1. The SMILES string of the molecule is O=C(O)CCC[As+](c1ccccc1)(c1ccccc1)c1ccccc1. The zero-order chi connectivity index (χ0) is 17.5. The molecule has 0 aromatic heterocycles. The quantitative estimate of drug-likeness (QED) is 0.627. The second kappa shape index (κ2) is 8.18. The van der Waals surface area contributed by atoms with Crippen molar-refractivity contribution in [1.29, 1.82) is 0 Å². The van der Waals surface area contributed by atoms with Gasteiger partial charge in [-0.2, -0.15) is 0 Å². The molecule has 0 aliphatic heterocycles. The Balaban J connectivity index is 2.18. The summed E-state index contributed by atoms with van der Waals surface area (Å²) in [5.41, 5.74) is 0. The van der Waals surface area contributed by atoms with E-state index in [2.05, 4.69) is 72.8 Å². The van der Waals surface area contributed by atoms with Crippen molar-refractivity contribution in [3.05, 3.63) is 91.0 Å². The van der Waals surface area contributed by atoms with Crippen LogP contribution in [0.1, 0.15) is 12.8 Å². The van der Waals surface area contributed by atoms with Gasteiger partial charge in [0.15, 0.2) is 0 Å². The number of aliphatic carboxylic acids is 1. The minimum atomic E-state index is -2.71. The molecule has 0 spiro atoms. The number of carboxylic acids is 1. The van der Waals surface area contributed by atoms with Crippen LogP contribution >= 0.6 is 0 Å². The van der Waals surface area contributed by atoms with Crippen LogP contribution in [-0.4, -0.2) is 24.6 Å². The molecule has 2 nitrogen and oxygen atoms in total. The Hall–Kier alpha value is -2.31. The number of carbonyl (C=O) groups is 1. The van der Waals surface area contributed by atoms with Crippen LogP contribution in [0.3, 0.4) is 0 Å². The summed E-state index contributed by atoms with van der Waals surface area (Å²) in [7, 11) is 0. The van der Waals surface area contributed by atoms with E-state index in [1.54, 1.807) is 0 Å². The first-order valence-corrected chi connectivity index (χ1v) is 12.6. The van der Waals surface area contributed by atoms with Crippen LogP contribution in [0.15, 0.2) is 91.0 Å². The summed E-state index contributed by atoms with van der Waals surface area (Å²) in [6.45, 7) is 0. The van der Waals surface area contributed by atoms with Gasteiger partial charge in [0, 0.05) is 0 Å². The van der Waals surface area contributed by atoms with Gasteiger partial charge in [-0.1, -0.05) is 0 Å². The Kier molecular flexibility index (Phi) is 5.73. The summed E-state index contributed by atoms with van der Waals surface area (Å²) in [5.74, 6) is -0.720. The third-order valence-corrected chi connectivity index (χ3v) is 14.0. The molecule has 3 aromatic carbocycles. The molecule has 0 aliphatic carbocycles. The Bertz CT molecular complexity index is 705. The van der Waals surface area contributed by atoms with Crippen LogP contribution < -0.4 is 13.1 Å². The van der Waals surface area contributed by atoms with E-state index in [0.717, 1.165) is 5.21 Å². The van der Waals surface area contributed by atoms with E-state index in [1.165, 1.54) is 13.1 Å². The van der Waals surface area contributed by atoms with Gasteiger partial charge in [0.25, 0.3) is 0 Å². The number of benzene rings is 3. The van der Waals surface area contributed by atoms with Crippen molar-refractivity contribution in [2.45, 2.75) is 18.1 Å². The zero-order valence-corrected chi connectivity index (χ0v) is 16.0. The first-order valence-electron chi connectivity index (χ1n) is 8.50. The zero-order valence-electron chi connectivity index (χ0n) is 14.1. The average molecular weight is 393 g/mol. The normalized spacial score (nSPS) is 11.2. The summed E-state index contributed by atoms with van der Waals surface area (Å²) < 4.78 is 4.09. The molecule has 0 saturated carbocycles. The number of hydrogen-bond acceptors (Lipinski definition) is 1. The first kappa shape index (κ1) is 17.5. The molecule has 0 heterocycles. The van der Waals surface area contributed by atoms with E-state index >= 15 is 0 Å². The minimum absolute atomic E-state index is 0.218. The van der Waals surface area contributed by atoms with Gasteiger partial charge in [-0.3, -0.25) is 0 Å². The predicted molar refractivity (Wildman–Crippen MR) is 106 cm³/mol. The van der Waals surface area contributed by atoms with Crippen molar-refractivity contribution in [3.8, 4) is 0 Å². The monoisotopic (exact) mass is 393 g/mol. The summed E-state index contributed by atoms with van der Waals surface area (Å²) in [6.07, 6.45) is 0.913. The third-order valence-electron chi connectivity index (χ3n) is 4.48. The van der Waals surface area contributed by atoms with Crippen molar-refractivity contribution in [2.75, 3.05) is 0 Å². The van der Waals surface area contributed by atoms with Crippen LogP contribution in [0.25, 0.3) is 0 Å². The molecule has 0 aliphatic rings. The molecule has 3 heteroatoms. The Labute approximate surface area is 151 Å². The Morgan fingerprint density at radius 3 is 1.36 bits per heavy atom. The second-order valence-corrected chi connectivity index (χ2v) is 13.6. The van der Waals surface area contributed by atoms with Crippen LogP contribution in [0.4, 0.5) is 0 Å². The maximum atomic E-state index is 11.1. The molecule has 0 amide bonds. The molecule has 0 unspecified atom stereocenters. The average Bonchev–Trinajstić information content (AvgIpc) is 2.67. The van der Waals surface area contributed by atoms with Crippen LogP contribution in [0.5, 0.6) is 0 Å². The predicted octanol–water partition coefficient (Wildman–Crippen LogP) is 3.02. The molecule has 1 N–H and O–H groups in total. The molecular weight excluding hydrogens is 371 g/mol. The van der Waals surface area contributed by atoms with Crippen LogP contribution in [0.2, 0.25) is 5.21 Å². The molecule has 0 radical (unpaired) electrons. The van der Waals surface area contributed by atoms with Crippen LogP contribution in [0, 0.1) is 0 Å². The second-order valence-electron chi connectivity index (χ2n) is 6.04. The molecular formula is C22H22AsO2+. The van der Waals surface area contributed by atoms with Crippen molar-refractivity contribution in [1.82, 2.24) is 0 Å². The standard InChI is InChI=1S/C22H21AsO2/c24-22(25)17-10-18-23(19-11-4-1-5-12-19,20-13-6-2-7-14-20)21-15-8-3-9-16-21/h1-9,11-16H,10,17-18H2/p+1. The van der Waals surface area contributed by atoms with E-state index in [9.17, 15) is 4.79 Å². The van der Waals surface area contributed by atoms with Gasteiger partial charge in [-0.05, 0) is 0 Å². The summed E-state index contributed by atoms with van der Waals surface area (Å²) >= 11 is -2.71. The van der Waals surface area contributed by atoms with Gasteiger partial charge < -0.3 is 0 Å². The summed E-state index contributed by atoms with van der Waals surface area (Å²) in [6, 6.07) is 32.0. The fourth-order valence-corrected chi connectivity index (χ4v) is 12.5. The van der Waals surface area contributed by atoms with Gasteiger partial charge in [0.2, 0.25) is 0 Å². The molecule has 126 valence electrons. The van der Waals surface area contributed by atoms with Gasteiger partial charge in [-0.25, -0.2) is 0 Å². The first-order chi connectivity index (χ1) is 12.2.